The third kappa shape index (κ3) is 3.33. The van der Waals surface area contributed by atoms with Crippen molar-refractivity contribution in [2.45, 2.75) is 0 Å². The van der Waals surface area contributed by atoms with Gasteiger partial charge in [-0.15, -0.1) is 0 Å². The molecule has 5 aromatic rings. The minimum atomic E-state index is 0.338. The number of ether oxygens (including phenoxy) is 1. The lowest BCUT2D eigenvalue weighted by Crippen LogP contribution is -1.94. The fourth-order valence-electron chi connectivity index (χ4n) is 3.17. The second-order valence-electron chi connectivity index (χ2n) is 6.58. The van der Waals surface area contributed by atoms with Crippen molar-refractivity contribution >= 4 is 28.8 Å². The van der Waals surface area contributed by atoms with Gasteiger partial charge in [0.15, 0.2) is 0 Å². The summed E-state index contributed by atoms with van der Waals surface area (Å²) in [7, 11) is 0. The van der Waals surface area contributed by atoms with Crippen LogP contribution in [0.1, 0.15) is 10.4 Å². The van der Waals surface area contributed by atoms with Crippen LogP contribution >= 0.6 is 11.6 Å². The molecule has 0 aliphatic carbocycles. The Morgan fingerprint density at radius 1 is 1.00 bits per heavy atom. The average Bonchev–Trinajstić information content (AvgIpc) is 3.42. The Balaban J connectivity index is 1.44. The number of hydrogen-bond acceptors (Lipinski definition) is 5. The van der Waals surface area contributed by atoms with Crippen LogP contribution < -0.4 is 4.74 Å². The summed E-state index contributed by atoms with van der Waals surface area (Å²) in [5, 5.41) is 5.43. The Morgan fingerprint density at radius 2 is 1.87 bits per heavy atom. The van der Waals surface area contributed by atoms with Gasteiger partial charge in [-0.2, -0.15) is 4.98 Å². The number of hydrogen-bond donors (Lipinski definition) is 0. The number of nitrogens with zero attached hydrogens (tertiary/aromatic N) is 3. The van der Waals surface area contributed by atoms with E-state index in [-0.39, 0.29) is 0 Å². The zero-order chi connectivity index (χ0) is 20.5. The van der Waals surface area contributed by atoms with E-state index in [0.717, 1.165) is 17.2 Å². The highest BCUT2D eigenvalue weighted by Crippen LogP contribution is 2.33. The molecule has 0 N–H and O–H groups in total. The van der Waals surface area contributed by atoms with E-state index in [1.165, 1.54) is 0 Å². The summed E-state index contributed by atoms with van der Waals surface area (Å²) in [6.07, 6.45) is 2.65. The number of carbonyl (C=O) groups is 1. The van der Waals surface area contributed by atoms with Crippen LogP contribution in [0.15, 0.2) is 83.5 Å². The van der Waals surface area contributed by atoms with Crippen molar-refractivity contribution in [3.63, 3.8) is 0 Å². The lowest BCUT2D eigenvalue weighted by atomic mass is 10.2. The van der Waals surface area contributed by atoms with Gasteiger partial charge in [-0.05, 0) is 59.8 Å². The predicted octanol–water partition coefficient (Wildman–Crippen LogP) is 5.94. The molecule has 30 heavy (non-hydrogen) atoms. The van der Waals surface area contributed by atoms with Gasteiger partial charge in [-0.1, -0.05) is 29.8 Å². The lowest BCUT2D eigenvalue weighted by molar-refractivity contribution is 0.112. The molecule has 0 saturated carbocycles. The summed E-state index contributed by atoms with van der Waals surface area (Å²) in [6.45, 7) is 0. The number of para-hydroxylation sites is 1. The van der Waals surface area contributed by atoms with Gasteiger partial charge in [0.05, 0.1) is 10.5 Å². The maximum Gasteiger partial charge on any atom is 0.275 e. The fraction of sp³-hybridized carbons (Fsp3) is 0. The van der Waals surface area contributed by atoms with E-state index in [9.17, 15) is 4.79 Å². The zero-order valence-electron chi connectivity index (χ0n) is 15.5. The van der Waals surface area contributed by atoms with Gasteiger partial charge in [0, 0.05) is 22.7 Å². The minimum absolute atomic E-state index is 0.338. The number of halogens is 1. The van der Waals surface area contributed by atoms with Gasteiger partial charge in [0.25, 0.3) is 11.8 Å². The largest absolute Gasteiger partial charge is 0.456 e. The Bertz CT molecular complexity index is 1360. The molecule has 5 rings (SSSR count). The molecular formula is C23H14ClN3O3. The van der Waals surface area contributed by atoms with E-state index in [2.05, 4.69) is 10.1 Å². The summed E-state index contributed by atoms with van der Waals surface area (Å²) in [5.41, 5.74) is 2.16. The summed E-state index contributed by atoms with van der Waals surface area (Å²) in [4.78, 5) is 15.5. The smallest absolute Gasteiger partial charge is 0.275 e. The molecule has 0 bridgehead atoms. The maximum absolute atomic E-state index is 11.0. The first kappa shape index (κ1) is 18.1. The quantitative estimate of drug-likeness (QED) is 0.332. The van der Waals surface area contributed by atoms with Crippen molar-refractivity contribution in [3.05, 3.63) is 89.6 Å². The van der Waals surface area contributed by atoms with Crippen LogP contribution in [0, 0.1) is 0 Å². The highest BCUT2D eigenvalue weighted by atomic mass is 35.5. The number of carbonyl (C=O) groups excluding carboxylic acids is 1. The molecule has 3 aromatic carbocycles. The zero-order valence-corrected chi connectivity index (χ0v) is 16.3. The second-order valence-corrected chi connectivity index (χ2v) is 6.99. The lowest BCUT2D eigenvalue weighted by Gasteiger charge is -2.07. The molecule has 2 heterocycles. The van der Waals surface area contributed by atoms with Crippen molar-refractivity contribution in [1.82, 2.24) is 14.7 Å². The van der Waals surface area contributed by atoms with Gasteiger partial charge >= 0.3 is 0 Å². The van der Waals surface area contributed by atoms with E-state index in [1.807, 2.05) is 60.8 Å². The van der Waals surface area contributed by atoms with Crippen molar-refractivity contribution in [3.8, 4) is 28.9 Å². The van der Waals surface area contributed by atoms with E-state index >= 15 is 0 Å². The Kier molecular flexibility index (Phi) is 4.53. The molecule has 0 saturated heterocycles. The van der Waals surface area contributed by atoms with Crippen molar-refractivity contribution in [2.75, 3.05) is 0 Å². The molecule has 0 fully saturated rings. The minimum Gasteiger partial charge on any atom is -0.456 e. The Morgan fingerprint density at radius 3 is 2.67 bits per heavy atom. The van der Waals surface area contributed by atoms with Gasteiger partial charge in [0.2, 0.25) is 0 Å². The van der Waals surface area contributed by atoms with Crippen LogP contribution in [0.5, 0.6) is 11.5 Å². The summed E-state index contributed by atoms with van der Waals surface area (Å²) in [6, 6.07) is 22.0. The SMILES string of the molecule is O=Cc1ccc2c(ccn2-c2noc(-c3ccc(Oc4ccccc4)c(Cl)c3)n2)c1. The third-order valence-electron chi connectivity index (χ3n) is 4.63. The number of aldehydes is 1. The molecule has 0 aliphatic rings. The van der Waals surface area contributed by atoms with E-state index in [1.54, 1.807) is 22.8 Å². The predicted molar refractivity (Wildman–Crippen MR) is 113 cm³/mol. The van der Waals surface area contributed by atoms with E-state index in [0.29, 0.717) is 39.5 Å². The van der Waals surface area contributed by atoms with Gasteiger partial charge in [-0.25, -0.2) is 0 Å². The third-order valence-corrected chi connectivity index (χ3v) is 4.93. The van der Waals surface area contributed by atoms with Crippen LogP contribution in [0.25, 0.3) is 28.3 Å². The van der Waals surface area contributed by atoms with Crippen LogP contribution in [-0.4, -0.2) is 21.0 Å². The molecule has 2 aromatic heterocycles. The monoisotopic (exact) mass is 415 g/mol. The molecule has 0 aliphatic heterocycles. The molecule has 0 radical (unpaired) electrons. The Labute approximate surface area is 176 Å². The van der Waals surface area contributed by atoms with Crippen molar-refractivity contribution < 1.29 is 14.1 Å². The topological polar surface area (TPSA) is 70.2 Å². The van der Waals surface area contributed by atoms with Crippen molar-refractivity contribution in [2.24, 2.45) is 0 Å². The first-order valence-electron chi connectivity index (χ1n) is 9.14. The van der Waals surface area contributed by atoms with Crippen molar-refractivity contribution in [1.29, 1.82) is 0 Å². The molecule has 0 unspecified atom stereocenters. The summed E-state index contributed by atoms with van der Waals surface area (Å²) in [5.74, 6) is 1.96. The molecule has 0 amide bonds. The molecule has 6 nitrogen and oxygen atoms in total. The second kappa shape index (κ2) is 7.50. The average molecular weight is 416 g/mol. The molecule has 0 spiro atoms. The number of aromatic nitrogens is 3. The standard InChI is InChI=1S/C23H14ClN3O3/c24-19-13-17(7-9-21(19)29-18-4-2-1-3-5-18)22-25-23(26-30-22)27-11-10-16-12-15(14-28)6-8-20(16)27/h1-14H. The summed E-state index contributed by atoms with van der Waals surface area (Å²) >= 11 is 6.39. The van der Waals surface area contributed by atoms with Crippen LogP contribution in [0.2, 0.25) is 5.02 Å². The highest BCUT2D eigenvalue weighted by molar-refractivity contribution is 6.32. The molecular weight excluding hydrogens is 402 g/mol. The van der Waals surface area contributed by atoms with E-state index < -0.39 is 0 Å². The highest BCUT2D eigenvalue weighted by Gasteiger charge is 2.14. The van der Waals surface area contributed by atoms with Gasteiger partial charge in [-0.3, -0.25) is 9.36 Å². The fourth-order valence-corrected chi connectivity index (χ4v) is 3.39. The van der Waals surface area contributed by atoms with Gasteiger partial charge in [0.1, 0.15) is 17.8 Å². The molecule has 7 heteroatoms. The Hall–Kier alpha value is -3.90. The van der Waals surface area contributed by atoms with Gasteiger partial charge < -0.3 is 9.26 Å². The summed E-state index contributed by atoms with van der Waals surface area (Å²) < 4.78 is 13.0. The molecule has 0 atom stereocenters. The first-order valence-corrected chi connectivity index (χ1v) is 9.52. The number of fused-ring (bicyclic) bond motifs is 1. The maximum atomic E-state index is 11.0. The normalized spacial score (nSPS) is 11.0. The van der Waals surface area contributed by atoms with Crippen LogP contribution in [0.3, 0.4) is 0 Å². The van der Waals surface area contributed by atoms with Crippen LogP contribution in [0.4, 0.5) is 0 Å². The van der Waals surface area contributed by atoms with E-state index in [4.69, 9.17) is 20.9 Å². The molecule has 146 valence electrons. The number of rotatable bonds is 5. The van der Waals surface area contributed by atoms with Crippen LogP contribution in [-0.2, 0) is 0 Å². The first-order chi connectivity index (χ1) is 14.7. The number of benzene rings is 3.